The van der Waals surface area contributed by atoms with Gasteiger partial charge >= 0.3 is 11.8 Å². The number of nitrogens with zero attached hydrogens (tertiary/aromatic N) is 5. The molecule has 1 N–H and O–H groups in total. The zero-order chi connectivity index (χ0) is 33.9. The second-order valence-corrected chi connectivity index (χ2v) is 11.9. The van der Waals surface area contributed by atoms with Gasteiger partial charge in [-0.3, -0.25) is 20.2 Å². The first kappa shape index (κ1) is 33.6. The van der Waals surface area contributed by atoms with Gasteiger partial charge in [-0.15, -0.1) is 0 Å². The van der Waals surface area contributed by atoms with Gasteiger partial charge in [-0.25, -0.2) is 4.79 Å². The van der Waals surface area contributed by atoms with E-state index in [2.05, 4.69) is 15.6 Å². The van der Waals surface area contributed by atoms with Gasteiger partial charge in [0, 0.05) is 42.4 Å². The molecule has 244 valence electrons. The number of carbonyl (C=O) groups excluding carboxylic acids is 1. The highest BCUT2D eigenvalue weighted by atomic mass is 19.1. The topological polar surface area (TPSA) is 180 Å². The Bertz CT molecular complexity index is 1740. The minimum atomic E-state index is -0.856. The van der Waals surface area contributed by atoms with Gasteiger partial charge in [-0.05, 0) is 78.1 Å². The van der Waals surface area contributed by atoms with Gasteiger partial charge in [-0.1, -0.05) is 22.4 Å². The third-order valence-electron chi connectivity index (χ3n) is 7.18. The molecule has 5 rings (SSSR count). The van der Waals surface area contributed by atoms with Crippen LogP contribution in [0.3, 0.4) is 0 Å². The summed E-state index contributed by atoms with van der Waals surface area (Å²) in [6, 6.07) is 8.65. The summed E-state index contributed by atoms with van der Waals surface area (Å²) in [4.78, 5) is 35.0. The zero-order valence-corrected chi connectivity index (χ0v) is 26.5. The molecule has 46 heavy (non-hydrogen) atoms. The molecule has 0 bridgehead atoms. The molecule has 14 nitrogen and oxygen atoms in total. The Morgan fingerprint density at radius 1 is 0.935 bits per heavy atom. The first-order valence-corrected chi connectivity index (χ1v) is 14.4. The van der Waals surface area contributed by atoms with E-state index >= 15 is 0 Å². The van der Waals surface area contributed by atoms with Crippen molar-refractivity contribution in [3.05, 3.63) is 85.4 Å². The van der Waals surface area contributed by atoms with Crippen LogP contribution < -0.4 is 5.32 Å². The average molecular weight is 639 g/mol. The highest BCUT2D eigenvalue weighted by Crippen LogP contribution is 2.35. The maximum Gasteiger partial charge on any atom is 0.410 e. The van der Waals surface area contributed by atoms with Crippen molar-refractivity contribution in [3.8, 4) is 22.3 Å². The van der Waals surface area contributed by atoms with E-state index in [9.17, 15) is 29.4 Å². The molecule has 2 aromatic carbocycles. The molecule has 0 spiro atoms. The van der Waals surface area contributed by atoms with Gasteiger partial charge in [-0.2, -0.15) is 4.39 Å². The highest BCUT2D eigenvalue weighted by Gasteiger charge is 2.31. The maximum absolute atomic E-state index is 13.2. The lowest BCUT2D eigenvalue weighted by Crippen LogP contribution is -2.36. The van der Waals surface area contributed by atoms with Crippen molar-refractivity contribution in [1.29, 1.82) is 0 Å². The number of nitrogens with one attached hydrogen (secondary N) is 1. The lowest BCUT2D eigenvalue weighted by molar-refractivity contribution is -0.387. The molecule has 4 aromatic rings. The standard InChI is InChI=1S/C20H26N4O5.C11H9FN2O3/c1-12-18(13(2)29-22-12)14-6-7-16(17(10-14)24(26)27)21-15-8-9-23(11-15)19(25)28-20(3,4)5;1-6-11(7(2)17-13-6)8-3-4-9(12)10(5-8)14(15)16/h6-7,10,15,21H,8-9,11H2,1-5H3;3-5H,1-2H3/t15-;/m0./s1. The number of hydrogen-bond acceptors (Lipinski definition) is 11. The number of halogens is 1. The minimum absolute atomic E-state index is 0.0294. The van der Waals surface area contributed by atoms with Gasteiger partial charge in [0.2, 0.25) is 5.82 Å². The Morgan fingerprint density at radius 3 is 1.93 bits per heavy atom. The van der Waals surface area contributed by atoms with Gasteiger partial charge in [0.05, 0.1) is 21.2 Å². The fourth-order valence-corrected chi connectivity index (χ4v) is 5.15. The summed E-state index contributed by atoms with van der Waals surface area (Å²) in [5, 5.41) is 33.2. The van der Waals surface area contributed by atoms with Gasteiger partial charge in [0.25, 0.3) is 5.69 Å². The first-order valence-electron chi connectivity index (χ1n) is 14.4. The number of benzene rings is 2. The molecular formula is C31H35FN6O8. The molecule has 0 saturated carbocycles. The van der Waals surface area contributed by atoms with Gasteiger partial charge in [0.1, 0.15) is 22.8 Å². The second-order valence-electron chi connectivity index (χ2n) is 11.9. The van der Waals surface area contributed by atoms with E-state index < -0.39 is 27.0 Å². The molecule has 1 amide bonds. The summed E-state index contributed by atoms with van der Waals surface area (Å²) in [6.07, 6.45) is 0.312. The number of anilines is 1. The molecule has 1 atom stereocenters. The molecule has 2 aromatic heterocycles. The van der Waals surface area contributed by atoms with Crippen LogP contribution in [0.5, 0.6) is 0 Å². The summed E-state index contributed by atoms with van der Waals surface area (Å²) in [7, 11) is 0. The number of nitro groups is 2. The van der Waals surface area contributed by atoms with Crippen LogP contribution in [-0.2, 0) is 4.74 Å². The molecule has 1 fully saturated rings. The number of ether oxygens (including phenoxy) is 1. The summed E-state index contributed by atoms with van der Waals surface area (Å²) in [5.41, 5.74) is 3.20. The number of hydrogen-bond donors (Lipinski definition) is 1. The SMILES string of the molecule is Cc1noc(C)c1-c1ccc(F)c([N+](=O)[O-])c1.Cc1noc(C)c1-c1ccc(N[C@H]2CCN(C(=O)OC(C)(C)C)C2)c([N+](=O)[O-])c1. The molecule has 1 aliphatic heterocycles. The fourth-order valence-electron chi connectivity index (χ4n) is 5.15. The van der Waals surface area contributed by atoms with Crippen molar-refractivity contribution < 1.29 is 32.8 Å². The molecule has 0 aliphatic carbocycles. The number of aryl methyl sites for hydroxylation is 4. The van der Waals surface area contributed by atoms with Crippen LogP contribution in [0.25, 0.3) is 22.3 Å². The zero-order valence-electron chi connectivity index (χ0n) is 26.5. The van der Waals surface area contributed by atoms with Gasteiger partial charge < -0.3 is 24.0 Å². The number of nitro benzene ring substituents is 2. The monoisotopic (exact) mass is 638 g/mol. The smallest absolute Gasteiger partial charge is 0.410 e. The number of likely N-dealkylation sites (tertiary alicyclic amines) is 1. The van der Waals surface area contributed by atoms with Crippen molar-refractivity contribution in [2.75, 3.05) is 18.4 Å². The lowest BCUT2D eigenvalue weighted by Gasteiger charge is -2.24. The highest BCUT2D eigenvalue weighted by molar-refractivity contribution is 5.76. The Morgan fingerprint density at radius 2 is 1.46 bits per heavy atom. The summed E-state index contributed by atoms with van der Waals surface area (Å²) >= 11 is 0. The second kappa shape index (κ2) is 13.3. The Balaban J connectivity index is 0.000000240. The summed E-state index contributed by atoms with van der Waals surface area (Å²) in [6.45, 7) is 13.4. The molecule has 3 heterocycles. The van der Waals surface area contributed by atoms with E-state index in [0.29, 0.717) is 64.8 Å². The third kappa shape index (κ3) is 7.65. The van der Waals surface area contributed by atoms with Crippen LogP contribution in [0.4, 0.5) is 26.2 Å². The van der Waals surface area contributed by atoms with Crippen molar-refractivity contribution in [3.63, 3.8) is 0 Å². The molecular weight excluding hydrogens is 603 g/mol. The van der Waals surface area contributed by atoms with Crippen LogP contribution in [0.1, 0.15) is 50.1 Å². The maximum atomic E-state index is 13.2. The largest absolute Gasteiger partial charge is 0.444 e. The van der Waals surface area contributed by atoms with Crippen LogP contribution in [0.15, 0.2) is 45.4 Å². The van der Waals surface area contributed by atoms with Crippen molar-refractivity contribution in [2.24, 2.45) is 0 Å². The van der Waals surface area contributed by atoms with Crippen LogP contribution in [0, 0.1) is 53.7 Å². The Kier molecular flexibility index (Phi) is 9.73. The fraction of sp³-hybridized carbons (Fsp3) is 0.387. The molecule has 15 heteroatoms. The van der Waals surface area contributed by atoms with E-state index in [-0.39, 0.29) is 17.8 Å². The molecule has 0 radical (unpaired) electrons. The summed E-state index contributed by atoms with van der Waals surface area (Å²) in [5.74, 6) is 0.301. The number of rotatable bonds is 6. The Labute approximate surface area is 263 Å². The van der Waals surface area contributed by atoms with Crippen LogP contribution in [0.2, 0.25) is 0 Å². The quantitative estimate of drug-likeness (QED) is 0.165. The molecule has 0 unspecified atom stereocenters. The first-order chi connectivity index (χ1) is 21.6. The number of amides is 1. The predicted molar refractivity (Wildman–Crippen MR) is 166 cm³/mol. The van der Waals surface area contributed by atoms with Crippen molar-refractivity contribution >= 4 is 23.2 Å². The van der Waals surface area contributed by atoms with E-state index in [1.54, 1.807) is 38.7 Å². The van der Waals surface area contributed by atoms with E-state index in [1.807, 2.05) is 26.8 Å². The van der Waals surface area contributed by atoms with Crippen molar-refractivity contribution in [2.45, 2.75) is 66.5 Å². The Hall–Kier alpha value is -5.34. The molecule has 1 saturated heterocycles. The van der Waals surface area contributed by atoms with E-state index in [1.165, 1.54) is 18.2 Å². The normalized spacial score (nSPS) is 14.4. The van der Waals surface area contributed by atoms with E-state index in [0.717, 1.165) is 11.6 Å². The predicted octanol–water partition coefficient (Wildman–Crippen LogP) is 7.29. The average Bonchev–Trinajstić information content (AvgIpc) is 3.67. The lowest BCUT2D eigenvalue weighted by atomic mass is 10.0. The van der Waals surface area contributed by atoms with Crippen molar-refractivity contribution in [1.82, 2.24) is 15.2 Å². The minimum Gasteiger partial charge on any atom is -0.444 e. The number of carbonyl (C=O) groups is 1. The molecule has 1 aliphatic rings. The van der Waals surface area contributed by atoms with E-state index in [4.69, 9.17) is 13.8 Å². The van der Waals surface area contributed by atoms with Crippen LogP contribution in [-0.4, -0.2) is 55.9 Å². The summed E-state index contributed by atoms with van der Waals surface area (Å²) < 4.78 is 28.7. The van der Waals surface area contributed by atoms with Gasteiger partial charge in [0.15, 0.2) is 0 Å². The third-order valence-corrected chi connectivity index (χ3v) is 7.18. The van der Waals surface area contributed by atoms with Crippen LogP contribution >= 0.6 is 0 Å². The number of aromatic nitrogens is 2.